The van der Waals surface area contributed by atoms with E-state index < -0.39 is 0 Å². The highest BCUT2D eigenvalue weighted by Gasteiger charge is 2.26. The SMILES string of the molecule is COC1CCCC1NCc1ccc(Br)c(Br)c1. The summed E-state index contributed by atoms with van der Waals surface area (Å²) in [5.74, 6) is 0. The number of methoxy groups -OCH3 is 1. The van der Waals surface area contributed by atoms with Gasteiger partial charge in [0.2, 0.25) is 0 Å². The second kappa shape index (κ2) is 6.32. The molecule has 2 nitrogen and oxygen atoms in total. The molecular weight excluding hydrogens is 346 g/mol. The van der Waals surface area contributed by atoms with Crippen molar-refractivity contribution in [2.45, 2.75) is 38.0 Å². The van der Waals surface area contributed by atoms with Crippen molar-refractivity contribution in [3.63, 3.8) is 0 Å². The number of ether oxygens (including phenoxy) is 1. The lowest BCUT2D eigenvalue weighted by atomic mass is 10.2. The molecule has 1 aliphatic carbocycles. The number of nitrogens with one attached hydrogen (secondary N) is 1. The lowest BCUT2D eigenvalue weighted by Gasteiger charge is -2.19. The molecular formula is C13H17Br2NO. The second-order valence-corrected chi connectivity index (χ2v) is 6.15. The molecule has 94 valence electrons. The maximum atomic E-state index is 5.48. The Hall–Kier alpha value is 0.1000. The summed E-state index contributed by atoms with van der Waals surface area (Å²) < 4.78 is 7.67. The molecule has 1 aliphatic rings. The summed E-state index contributed by atoms with van der Waals surface area (Å²) in [5, 5.41) is 3.58. The Labute approximate surface area is 119 Å². The molecule has 1 saturated carbocycles. The summed E-state index contributed by atoms with van der Waals surface area (Å²) in [6.45, 7) is 0.899. The van der Waals surface area contributed by atoms with E-state index in [-0.39, 0.29) is 0 Å². The molecule has 2 atom stereocenters. The van der Waals surface area contributed by atoms with Crippen LogP contribution in [0, 0.1) is 0 Å². The quantitative estimate of drug-likeness (QED) is 0.877. The highest BCUT2D eigenvalue weighted by molar-refractivity contribution is 9.13. The molecule has 1 N–H and O–H groups in total. The van der Waals surface area contributed by atoms with E-state index in [4.69, 9.17) is 4.74 Å². The summed E-state index contributed by atoms with van der Waals surface area (Å²) >= 11 is 7.01. The van der Waals surface area contributed by atoms with Gasteiger partial charge in [0.15, 0.2) is 0 Å². The van der Waals surface area contributed by atoms with Crippen LogP contribution in [-0.2, 0) is 11.3 Å². The van der Waals surface area contributed by atoms with Gasteiger partial charge in [0.05, 0.1) is 6.10 Å². The van der Waals surface area contributed by atoms with Crippen LogP contribution in [0.25, 0.3) is 0 Å². The Bertz CT molecular complexity index is 384. The van der Waals surface area contributed by atoms with E-state index in [0.717, 1.165) is 15.5 Å². The zero-order chi connectivity index (χ0) is 12.3. The third-order valence-electron chi connectivity index (χ3n) is 3.31. The molecule has 17 heavy (non-hydrogen) atoms. The fraction of sp³-hybridized carbons (Fsp3) is 0.538. The van der Waals surface area contributed by atoms with Gasteiger partial charge in [0, 0.05) is 28.6 Å². The van der Waals surface area contributed by atoms with Gasteiger partial charge in [-0.1, -0.05) is 6.07 Å². The molecule has 2 rings (SSSR count). The van der Waals surface area contributed by atoms with Crippen LogP contribution < -0.4 is 5.32 Å². The van der Waals surface area contributed by atoms with E-state index in [9.17, 15) is 0 Å². The third-order valence-corrected chi connectivity index (χ3v) is 5.19. The minimum atomic E-state index is 0.383. The van der Waals surface area contributed by atoms with Crippen molar-refractivity contribution in [1.29, 1.82) is 0 Å². The molecule has 0 amide bonds. The molecule has 4 heteroatoms. The lowest BCUT2D eigenvalue weighted by Crippen LogP contribution is -2.36. The predicted molar refractivity (Wildman–Crippen MR) is 77.1 cm³/mol. The van der Waals surface area contributed by atoms with Gasteiger partial charge in [-0.3, -0.25) is 0 Å². The number of hydrogen-bond donors (Lipinski definition) is 1. The smallest absolute Gasteiger partial charge is 0.0724 e. The van der Waals surface area contributed by atoms with Crippen LogP contribution in [0.3, 0.4) is 0 Å². The zero-order valence-corrected chi connectivity index (χ0v) is 13.1. The van der Waals surface area contributed by atoms with Crippen LogP contribution in [0.5, 0.6) is 0 Å². The first-order valence-electron chi connectivity index (χ1n) is 5.91. The van der Waals surface area contributed by atoms with E-state index in [1.165, 1.54) is 24.8 Å². The Morgan fingerprint density at radius 2 is 2.12 bits per heavy atom. The topological polar surface area (TPSA) is 21.3 Å². The fourth-order valence-corrected chi connectivity index (χ4v) is 3.01. The second-order valence-electron chi connectivity index (χ2n) is 4.44. The highest BCUT2D eigenvalue weighted by atomic mass is 79.9. The Balaban J connectivity index is 1.91. The molecule has 0 heterocycles. The molecule has 0 bridgehead atoms. The fourth-order valence-electron chi connectivity index (χ4n) is 2.34. The molecule has 0 aromatic heterocycles. The van der Waals surface area contributed by atoms with E-state index in [1.54, 1.807) is 7.11 Å². The summed E-state index contributed by atoms with van der Waals surface area (Å²) in [7, 11) is 1.81. The zero-order valence-electron chi connectivity index (χ0n) is 9.88. The van der Waals surface area contributed by atoms with E-state index in [0.29, 0.717) is 12.1 Å². The molecule has 1 aromatic carbocycles. The third kappa shape index (κ3) is 3.53. The van der Waals surface area contributed by atoms with Crippen LogP contribution in [-0.4, -0.2) is 19.3 Å². The van der Waals surface area contributed by atoms with E-state index in [2.05, 4.69) is 55.4 Å². The van der Waals surface area contributed by atoms with Crippen molar-refractivity contribution >= 4 is 31.9 Å². The molecule has 1 aromatic rings. The summed E-state index contributed by atoms with van der Waals surface area (Å²) in [6.07, 6.45) is 4.04. The number of halogens is 2. The van der Waals surface area contributed by atoms with Gasteiger partial charge in [0.25, 0.3) is 0 Å². The lowest BCUT2D eigenvalue weighted by molar-refractivity contribution is 0.0847. The standard InChI is InChI=1S/C13H17Br2NO/c1-17-13-4-2-3-12(13)16-8-9-5-6-10(14)11(15)7-9/h5-7,12-13,16H,2-4,8H2,1H3. The Morgan fingerprint density at radius 3 is 2.82 bits per heavy atom. The average molecular weight is 363 g/mol. The van der Waals surface area contributed by atoms with Crippen LogP contribution >= 0.6 is 31.9 Å². The monoisotopic (exact) mass is 361 g/mol. The van der Waals surface area contributed by atoms with Crippen molar-refractivity contribution in [3.8, 4) is 0 Å². The predicted octanol–water partition coefficient (Wildman–Crippen LogP) is 3.87. The van der Waals surface area contributed by atoms with Gasteiger partial charge in [-0.15, -0.1) is 0 Å². The van der Waals surface area contributed by atoms with Crippen molar-refractivity contribution < 1.29 is 4.74 Å². The minimum Gasteiger partial charge on any atom is -0.380 e. The molecule has 0 saturated heterocycles. The summed E-state index contributed by atoms with van der Waals surface area (Å²) in [4.78, 5) is 0. The number of hydrogen-bond acceptors (Lipinski definition) is 2. The average Bonchev–Trinajstić information content (AvgIpc) is 2.78. The molecule has 0 aliphatic heterocycles. The summed E-state index contributed by atoms with van der Waals surface area (Å²) in [6, 6.07) is 6.86. The van der Waals surface area contributed by atoms with Crippen molar-refractivity contribution in [1.82, 2.24) is 5.32 Å². The van der Waals surface area contributed by atoms with E-state index in [1.807, 2.05) is 0 Å². The Morgan fingerprint density at radius 1 is 1.29 bits per heavy atom. The first-order chi connectivity index (χ1) is 8.20. The van der Waals surface area contributed by atoms with Crippen LogP contribution in [0.15, 0.2) is 27.1 Å². The van der Waals surface area contributed by atoms with Crippen molar-refractivity contribution in [2.24, 2.45) is 0 Å². The van der Waals surface area contributed by atoms with Crippen LogP contribution in [0.2, 0.25) is 0 Å². The van der Waals surface area contributed by atoms with Gasteiger partial charge < -0.3 is 10.1 Å². The minimum absolute atomic E-state index is 0.383. The van der Waals surface area contributed by atoms with Gasteiger partial charge in [0.1, 0.15) is 0 Å². The van der Waals surface area contributed by atoms with Crippen LogP contribution in [0.1, 0.15) is 24.8 Å². The van der Waals surface area contributed by atoms with E-state index >= 15 is 0 Å². The van der Waals surface area contributed by atoms with Crippen molar-refractivity contribution in [2.75, 3.05) is 7.11 Å². The van der Waals surface area contributed by atoms with Crippen molar-refractivity contribution in [3.05, 3.63) is 32.7 Å². The van der Waals surface area contributed by atoms with Gasteiger partial charge in [-0.05, 0) is 68.8 Å². The van der Waals surface area contributed by atoms with Gasteiger partial charge in [-0.2, -0.15) is 0 Å². The first kappa shape index (κ1) is 13.5. The summed E-state index contributed by atoms with van der Waals surface area (Å²) in [5.41, 5.74) is 1.29. The molecule has 2 unspecified atom stereocenters. The molecule has 0 spiro atoms. The normalized spacial score (nSPS) is 24.2. The molecule has 1 fully saturated rings. The maximum Gasteiger partial charge on any atom is 0.0724 e. The Kier molecular flexibility index (Phi) is 5.03. The first-order valence-corrected chi connectivity index (χ1v) is 7.49. The van der Waals surface area contributed by atoms with Crippen LogP contribution in [0.4, 0.5) is 0 Å². The van der Waals surface area contributed by atoms with Gasteiger partial charge in [-0.25, -0.2) is 0 Å². The van der Waals surface area contributed by atoms with Gasteiger partial charge >= 0.3 is 0 Å². The maximum absolute atomic E-state index is 5.48. The largest absolute Gasteiger partial charge is 0.380 e. The number of benzene rings is 1. The number of rotatable bonds is 4. The molecule has 0 radical (unpaired) electrons. The highest BCUT2D eigenvalue weighted by Crippen LogP contribution is 2.25.